The van der Waals surface area contributed by atoms with E-state index in [4.69, 9.17) is 0 Å². The summed E-state index contributed by atoms with van der Waals surface area (Å²) in [6.45, 7) is 0. The van der Waals surface area contributed by atoms with Gasteiger partial charge in [0.1, 0.15) is 5.44 Å². The second-order valence-corrected chi connectivity index (χ2v) is 2.36. The van der Waals surface area contributed by atoms with Gasteiger partial charge in [-0.05, 0) is 12.2 Å². The quantitative estimate of drug-likeness (QED) is 0.431. The summed E-state index contributed by atoms with van der Waals surface area (Å²) in [6.07, 6.45) is 0.894. The Hall–Kier alpha value is 0.310. The van der Waals surface area contributed by atoms with E-state index in [1.807, 2.05) is 0 Å². The summed E-state index contributed by atoms with van der Waals surface area (Å²) in [5.74, 6) is 1.09. The molecular formula is C3H5OS. The first-order valence-electron chi connectivity index (χ1n) is 1.67. The molecule has 0 saturated carbocycles. The first kappa shape index (κ1) is 3.50. The number of rotatable bonds is 0. The molecule has 0 aliphatic carbocycles. The lowest BCUT2D eigenvalue weighted by Crippen LogP contribution is -2.11. The Morgan fingerprint density at radius 3 is 2.20 bits per heavy atom. The second kappa shape index (κ2) is 1.19. The third kappa shape index (κ3) is 0.578. The number of hydrogen-bond donors (Lipinski definition) is 0. The van der Waals surface area contributed by atoms with Crippen molar-refractivity contribution in [3.05, 3.63) is 0 Å². The number of thioether (sulfide) groups is 1. The highest BCUT2D eigenvalue weighted by molar-refractivity contribution is 8.01. The van der Waals surface area contributed by atoms with Gasteiger partial charge in [-0.1, -0.05) is 0 Å². The highest BCUT2D eigenvalue weighted by atomic mass is 32.2. The van der Waals surface area contributed by atoms with Crippen LogP contribution in [0.5, 0.6) is 0 Å². The van der Waals surface area contributed by atoms with E-state index in [9.17, 15) is 5.11 Å². The van der Waals surface area contributed by atoms with Crippen LogP contribution >= 0.6 is 11.8 Å². The molecule has 0 bridgehead atoms. The topological polar surface area (TPSA) is 19.9 Å². The largest absolute Gasteiger partial charge is 0.221 e. The average Bonchev–Trinajstić information content (AvgIpc) is 1.30. The predicted octanol–water partition coefficient (Wildman–Crippen LogP) is 0.880. The molecule has 0 N–H and O–H groups in total. The summed E-state index contributed by atoms with van der Waals surface area (Å²) in [6, 6.07) is 0. The molecule has 29 valence electrons. The van der Waals surface area contributed by atoms with E-state index < -0.39 is 0 Å². The zero-order valence-electron chi connectivity index (χ0n) is 2.81. The Labute approximate surface area is 35.4 Å². The van der Waals surface area contributed by atoms with Crippen LogP contribution < -0.4 is 0 Å². The van der Waals surface area contributed by atoms with Gasteiger partial charge in [-0.3, -0.25) is 0 Å². The standard InChI is InChI=1S/C3H5OS/c4-3-1-2-5-3/h3H,1-2H2. The van der Waals surface area contributed by atoms with Crippen LogP contribution in [0, 0.1) is 0 Å². The highest BCUT2D eigenvalue weighted by Gasteiger charge is 2.14. The van der Waals surface area contributed by atoms with Crippen molar-refractivity contribution in [2.24, 2.45) is 0 Å². The maximum atomic E-state index is 9.95. The minimum Gasteiger partial charge on any atom is -0.221 e. The molecule has 1 fully saturated rings. The molecule has 0 amide bonds. The summed E-state index contributed by atoms with van der Waals surface area (Å²) in [5.41, 5.74) is -0.269. The average molecular weight is 89.1 g/mol. The van der Waals surface area contributed by atoms with Gasteiger partial charge in [-0.2, -0.15) is 0 Å². The van der Waals surface area contributed by atoms with E-state index >= 15 is 0 Å². The zero-order chi connectivity index (χ0) is 3.70. The van der Waals surface area contributed by atoms with Gasteiger partial charge in [0.15, 0.2) is 0 Å². The van der Waals surface area contributed by atoms with E-state index in [-0.39, 0.29) is 5.44 Å². The van der Waals surface area contributed by atoms with Gasteiger partial charge in [-0.15, -0.1) is 11.8 Å². The Bertz CT molecular complexity index is 33.9. The fourth-order valence-electron chi connectivity index (χ4n) is 0.214. The molecule has 1 atom stereocenters. The molecule has 1 aliphatic heterocycles. The Kier molecular flexibility index (Phi) is 0.830. The van der Waals surface area contributed by atoms with Gasteiger partial charge in [0.05, 0.1) is 0 Å². The van der Waals surface area contributed by atoms with E-state index in [1.165, 1.54) is 11.8 Å². The van der Waals surface area contributed by atoms with Crippen LogP contribution in [0.3, 0.4) is 0 Å². The van der Waals surface area contributed by atoms with Crippen LogP contribution in [0.25, 0.3) is 0 Å². The maximum absolute atomic E-state index is 9.95. The molecule has 1 saturated heterocycles. The second-order valence-electron chi connectivity index (χ2n) is 1.09. The van der Waals surface area contributed by atoms with Crippen molar-refractivity contribution in [3.8, 4) is 0 Å². The van der Waals surface area contributed by atoms with Crippen molar-refractivity contribution in [3.63, 3.8) is 0 Å². The Balaban J connectivity index is 2.08. The van der Waals surface area contributed by atoms with E-state index in [2.05, 4.69) is 0 Å². The predicted molar refractivity (Wildman–Crippen MR) is 21.5 cm³/mol. The van der Waals surface area contributed by atoms with Crippen molar-refractivity contribution < 1.29 is 5.11 Å². The van der Waals surface area contributed by atoms with Crippen LogP contribution in [-0.4, -0.2) is 11.2 Å². The van der Waals surface area contributed by atoms with Crippen LogP contribution in [0.2, 0.25) is 0 Å². The SMILES string of the molecule is [O]C1CCS1. The van der Waals surface area contributed by atoms with Gasteiger partial charge in [0.25, 0.3) is 0 Å². The smallest absolute Gasteiger partial charge is 0.139 e. The minimum atomic E-state index is -0.269. The fourth-order valence-corrected chi connectivity index (χ4v) is 0.642. The summed E-state index contributed by atoms with van der Waals surface area (Å²) >= 11 is 1.50. The van der Waals surface area contributed by atoms with Gasteiger partial charge in [-0.25, -0.2) is 5.11 Å². The van der Waals surface area contributed by atoms with Crippen molar-refractivity contribution in [2.45, 2.75) is 11.9 Å². The maximum Gasteiger partial charge on any atom is 0.139 e. The summed E-state index contributed by atoms with van der Waals surface area (Å²) in [7, 11) is 0. The summed E-state index contributed by atoms with van der Waals surface area (Å²) in [4.78, 5) is 0. The molecule has 1 unspecified atom stereocenters. The molecule has 2 heteroatoms. The van der Waals surface area contributed by atoms with Crippen LogP contribution in [-0.2, 0) is 5.11 Å². The Morgan fingerprint density at radius 1 is 1.80 bits per heavy atom. The van der Waals surface area contributed by atoms with Gasteiger partial charge in [0, 0.05) is 0 Å². The van der Waals surface area contributed by atoms with E-state index in [0.717, 1.165) is 12.2 Å². The molecule has 5 heavy (non-hydrogen) atoms. The van der Waals surface area contributed by atoms with Crippen molar-refractivity contribution in [2.75, 3.05) is 5.75 Å². The summed E-state index contributed by atoms with van der Waals surface area (Å²) < 4.78 is 0. The lowest BCUT2D eigenvalue weighted by molar-refractivity contribution is 0.151. The fraction of sp³-hybridized carbons (Fsp3) is 1.00. The van der Waals surface area contributed by atoms with Crippen molar-refractivity contribution >= 4 is 11.8 Å². The minimum absolute atomic E-state index is 0.269. The molecular weight excluding hydrogens is 84.1 g/mol. The molecule has 1 nitrogen and oxygen atoms in total. The van der Waals surface area contributed by atoms with Crippen molar-refractivity contribution in [1.29, 1.82) is 0 Å². The van der Waals surface area contributed by atoms with E-state index in [1.54, 1.807) is 0 Å². The van der Waals surface area contributed by atoms with Crippen LogP contribution in [0.1, 0.15) is 6.42 Å². The van der Waals surface area contributed by atoms with Gasteiger partial charge < -0.3 is 0 Å². The zero-order valence-corrected chi connectivity index (χ0v) is 3.62. The monoisotopic (exact) mass is 89.0 g/mol. The Morgan fingerprint density at radius 2 is 2.20 bits per heavy atom. The molecule has 1 aliphatic rings. The summed E-state index contributed by atoms with van der Waals surface area (Å²) in [5, 5.41) is 9.95. The van der Waals surface area contributed by atoms with Gasteiger partial charge >= 0.3 is 0 Å². The molecule has 0 aromatic heterocycles. The lowest BCUT2D eigenvalue weighted by Gasteiger charge is -2.14. The molecule has 1 heterocycles. The third-order valence-electron chi connectivity index (χ3n) is 0.657. The first-order valence-corrected chi connectivity index (χ1v) is 2.72. The highest BCUT2D eigenvalue weighted by Crippen LogP contribution is 2.24. The lowest BCUT2D eigenvalue weighted by atomic mass is 10.5. The first-order chi connectivity index (χ1) is 2.39. The molecule has 1 rings (SSSR count). The number of hydrogen-bond acceptors (Lipinski definition) is 1. The van der Waals surface area contributed by atoms with E-state index in [0.29, 0.717) is 0 Å². The molecule has 0 aromatic rings. The van der Waals surface area contributed by atoms with Crippen LogP contribution in [0.4, 0.5) is 0 Å². The molecule has 0 aromatic carbocycles. The van der Waals surface area contributed by atoms with Crippen LogP contribution in [0.15, 0.2) is 0 Å². The van der Waals surface area contributed by atoms with Crippen molar-refractivity contribution in [1.82, 2.24) is 0 Å². The molecule has 0 spiro atoms. The normalized spacial score (nSPS) is 36.6. The third-order valence-corrected chi connectivity index (χ3v) is 1.74. The molecule has 1 radical (unpaired) electrons. The van der Waals surface area contributed by atoms with Gasteiger partial charge in [0.2, 0.25) is 0 Å².